The summed E-state index contributed by atoms with van der Waals surface area (Å²) in [5.41, 5.74) is -0.302. The Bertz CT molecular complexity index is 370. The zero-order valence-electron chi connectivity index (χ0n) is 13.9. The van der Waals surface area contributed by atoms with Gasteiger partial charge in [-0.25, -0.2) is 0 Å². The third-order valence-corrected chi connectivity index (χ3v) is 6.65. The molecule has 0 aromatic heterocycles. The van der Waals surface area contributed by atoms with Gasteiger partial charge in [-0.1, -0.05) is 33.1 Å². The zero-order chi connectivity index (χ0) is 15.1. The van der Waals surface area contributed by atoms with E-state index >= 15 is 0 Å². The molecule has 0 aromatic carbocycles. The van der Waals surface area contributed by atoms with E-state index in [1.807, 2.05) is 0 Å². The molecule has 4 unspecified atom stereocenters. The van der Waals surface area contributed by atoms with E-state index in [-0.39, 0.29) is 17.1 Å². The highest BCUT2D eigenvalue weighted by molar-refractivity contribution is 4.97. The molecule has 2 saturated carbocycles. The summed E-state index contributed by atoms with van der Waals surface area (Å²) < 4.78 is 0. The molecular formula is C18H33NO2. The second-order valence-corrected chi connectivity index (χ2v) is 8.64. The van der Waals surface area contributed by atoms with E-state index in [0.29, 0.717) is 11.8 Å². The lowest BCUT2D eigenvalue weighted by Crippen LogP contribution is -2.55. The Morgan fingerprint density at radius 3 is 2.67 bits per heavy atom. The Morgan fingerprint density at radius 2 is 1.86 bits per heavy atom. The maximum Gasteiger partial charge on any atom is 0.0700 e. The first-order chi connectivity index (χ1) is 9.91. The van der Waals surface area contributed by atoms with Gasteiger partial charge in [-0.15, -0.1) is 0 Å². The van der Waals surface area contributed by atoms with Crippen molar-refractivity contribution in [1.82, 2.24) is 4.90 Å². The molecule has 3 heteroatoms. The Labute approximate surface area is 129 Å². The molecule has 3 aliphatic rings. The van der Waals surface area contributed by atoms with Crippen molar-refractivity contribution in [1.29, 1.82) is 0 Å². The van der Waals surface area contributed by atoms with Crippen molar-refractivity contribution in [2.45, 2.75) is 76.9 Å². The predicted molar refractivity (Wildman–Crippen MR) is 85.1 cm³/mol. The van der Waals surface area contributed by atoms with E-state index in [1.165, 1.54) is 25.7 Å². The second-order valence-electron chi connectivity index (χ2n) is 8.64. The van der Waals surface area contributed by atoms with Gasteiger partial charge in [0.05, 0.1) is 11.7 Å². The molecule has 1 saturated heterocycles. The highest BCUT2D eigenvalue weighted by Gasteiger charge is 2.44. The van der Waals surface area contributed by atoms with Gasteiger partial charge < -0.3 is 15.1 Å². The number of fused-ring (bicyclic) bond motifs is 1. The van der Waals surface area contributed by atoms with Gasteiger partial charge in [0.25, 0.3) is 0 Å². The van der Waals surface area contributed by atoms with E-state index in [4.69, 9.17) is 0 Å². The molecule has 1 heterocycles. The van der Waals surface area contributed by atoms with Crippen molar-refractivity contribution in [2.75, 3.05) is 19.6 Å². The van der Waals surface area contributed by atoms with Crippen molar-refractivity contribution in [2.24, 2.45) is 17.3 Å². The van der Waals surface area contributed by atoms with Crippen LogP contribution in [0.2, 0.25) is 0 Å². The quantitative estimate of drug-likeness (QED) is 0.823. The van der Waals surface area contributed by atoms with Gasteiger partial charge in [0.2, 0.25) is 0 Å². The SMILES string of the molecule is CC1(C)CCCC(CN2CCC3(O)CCCCC3C2)C1O. The van der Waals surface area contributed by atoms with Crippen molar-refractivity contribution in [3.05, 3.63) is 0 Å². The average molecular weight is 295 g/mol. The molecule has 0 aromatic rings. The number of aliphatic hydroxyl groups is 2. The number of aliphatic hydroxyl groups excluding tert-OH is 1. The van der Waals surface area contributed by atoms with Crippen LogP contribution in [0.4, 0.5) is 0 Å². The number of likely N-dealkylation sites (tertiary alicyclic amines) is 1. The summed E-state index contributed by atoms with van der Waals surface area (Å²) in [4.78, 5) is 2.53. The average Bonchev–Trinajstić information content (AvgIpc) is 2.44. The second kappa shape index (κ2) is 5.82. The minimum Gasteiger partial charge on any atom is -0.392 e. The summed E-state index contributed by atoms with van der Waals surface area (Å²) in [6.45, 7) is 7.49. The molecule has 1 aliphatic heterocycles. The molecule has 3 rings (SSSR count). The molecule has 0 spiro atoms. The first-order valence-electron chi connectivity index (χ1n) is 9.03. The third kappa shape index (κ3) is 3.16. The van der Waals surface area contributed by atoms with Crippen LogP contribution < -0.4 is 0 Å². The molecule has 0 amide bonds. The van der Waals surface area contributed by atoms with Crippen molar-refractivity contribution >= 4 is 0 Å². The maximum atomic E-state index is 10.8. The lowest BCUT2D eigenvalue weighted by atomic mass is 9.68. The minimum atomic E-state index is -0.376. The van der Waals surface area contributed by atoms with E-state index in [2.05, 4.69) is 18.7 Å². The van der Waals surface area contributed by atoms with E-state index in [1.54, 1.807) is 0 Å². The predicted octanol–water partition coefficient (Wildman–Crippen LogP) is 2.80. The van der Waals surface area contributed by atoms with E-state index < -0.39 is 0 Å². The molecule has 3 nitrogen and oxygen atoms in total. The summed E-state index contributed by atoms with van der Waals surface area (Å²) in [7, 11) is 0. The number of hydrogen-bond acceptors (Lipinski definition) is 3. The van der Waals surface area contributed by atoms with Crippen LogP contribution in [0.15, 0.2) is 0 Å². The largest absolute Gasteiger partial charge is 0.392 e. The topological polar surface area (TPSA) is 43.7 Å². The van der Waals surface area contributed by atoms with Gasteiger partial charge in [-0.05, 0) is 43.4 Å². The van der Waals surface area contributed by atoms with Gasteiger partial charge >= 0.3 is 0 Å². The van der Waals surface area contributed by atoms with Crippen LogP contribution >= 0.6 is 0 Å². The van der Waals surface area contributed by atoms with Crippen LogP contribution in [0.1, 0.15) is 65.2 Å². The van der Waals surface area contributed by atoms with Crippen molar-refractivity contribution in [3.8, 4) is 0 Å². The monoisotopic (exact) mass is 295 g/mol. The fourth-order valence-electron chi connectivity index (χ4n) is 5.09. The number of nitrogens with zero attached hydrogens (tertiary/aromatic N) is 1. The normalized spacial score (nSPS) is 44.3. The molecule has 3 fully saturated rings. The van der Waals surface area contributed by atoms with Crippen molar-refractivity contribution in [3.63, 3.8) is 0 Å². The maximum absolute atomic E-state index is 10.8. The highest BCUT2D eigenvalue weighted by Crippen LogP contribution is 2.42. The van der Waals surface area contributed by atoms with Crippen LogP contribution in [0, 0.1) is 17.3 Å². The summed E-state index contributed by atoms with van der Waals surface area (Å²) >= 11 is 0. The van der Waals surface area contributed by atoms with E-state index in [9.17, 15) is 10.2 Å². The van der Waals surface area contributed by atoms with Crippen LogP contribution in [0.3, 0.4) is 0 Å². The molecule has 0 radical (unpaired) electrons. The molecule has 21 heavy (non-hydrogen) atoms. The summed E-state index contributed by atoms with van der Waals surface area (Å²) in [6, 6.07) is 0. The van der Waals surface area contributed by atoms with Gasteiger partial charge in [0, 0.05) is 25.6 Å². The number of hydrogen-bond donors (Lipinski definition) is 2. The zero-order valence-corrected chi connectivity index (χ0v) is 13.9. The highest BCUT2D eigenvalue weighted by atomic mass is 16.3. The lowest BCUT2D eigenvalue weighted by Gasteiger charge is -2.49. The third-order valence-electron chi connectivity index (χ3n) is 6.65. The summed E-state index contributed by atoms with van der Waals surface area (Å²) in [6.07, 6.45) is 8.99. The minimum absolute atomic E-state index is 0.0737. The van der Waals surface area contributed by atoms with Crippen LogP contribution in [0.25, 0.3) is 0 Å². The van der Waals surface area contributed by atoms with Crippen molar-refractivity contribution < 1.29 is 10.2 Å². The standard InChI is InChI=1S/C18H33NO2/c1-17(2)8-5-6-14(16(17)20)12-19-11-10-18(21)9-4-3-7-15(18)13-19/h14-16,20-21H,3-13H2,1-2H3. The molecule has 0 bridgehead atoms. The first-order valence-corrected chi connectivity index (χ1v) is 9.03. The van der Waals surface area contributed by atoms with Crippen LogP contribution in [-0.2, 0) is 0 Å². The summed E-state index contributed by atoms with van der Waals surface area (Å²) in [5.74, 6) is 0.886. The molecule has 2 N–H and O–H groups in total. The van der Waals surface area contributed by atoms with E-state index in [0.717, 1.165) is 45.3 Å². The molecule has 4 atom stereocenters. The number of rotatable bonds is 2. The first kappa shape index (κ1) is 15.8. The molecular weight excluding hydrogens is 262 g/mol. The van der Waals surface area contributed by atoms with Crippen LogP contribution in [-0.4, -0.2) is 46.5 Å². The van der Waals surface area contributed by atoms with Gasteiger partial charge in [-0.3, -0.25) is 0 Å². The summed E-state index contributed by atoms with van der Waals surface area (Å²) in [5, 5.41) is 21.4. The Hall–Kier alpha value is -0.120. The van der Waals surface area contributed by atoms with Gasteiger partial charge in [0.1, 0.15) is 0 Å². The molecule has 122 valence electrons. The Balaban J connectivity index is 1.59. The van der Waals surface area contributed by atoms with Gasteiger partial charge in [0.15, 0.2) is 0 Å². The Kier molecular flexibility index (Phi) is 4.37. The lowest BCUT2D eigenvalue weighted by molar-refractivity contribution is -0.106. The smallest absolute Gasteiger partial charge is 0.0700 e. The fourth-order valence-corrected chi connectivity index (χ4v) is 5.09. The van der Waals surface area contributed by atoms with Gasteiger partial charge in [-0.2, -0.15) is 0 Å². The fraction of sp³-hybridized carbons (Fsp3) is 1.00. The molecule has 2 aliphatic carbocycles. The number of piperidine rings is 1. The van der Waals surface area contributed by atoms with Crippen LogP contribution in [0.5, 0.6) is 0 Å². The Morgan fingerprint density at radius 1 is 1.05 bits per heavy atom.